The molecule has 0 aliphatic heterocycles. The molecule has 76 valence electrons. The van der Waals surface area contributed by atoms with Crippen molar-refractivity contribution in [1.82, 2.24) is 15.8 Å². The van der Waals surface area contributed by atoms with Crippen molar-refractivity contribution in [3.05, 3.63) is 11.1 Å². The fourth-order valence-corrected chi connectivity index (χ4v) is 1.27. The first kappa shape index (κ1) is 10.2. The first-order valence-electron chi connectivity index (χ1n) is 3.41. The number of amides is 3. The van der Waals surface area contributed by atoms with Gasteiger partial charge in [-0.25, -0.2) is 21.0 Å². The van der Waals surface area contributed by atoms with Crippen molar-refractivity contribution in [3.8, 4) is 0 Å². The number of carbonyl (C=O) groups is 2. The molecule has 0 aliphatic rings. The van der Waals surface area contributed by atoms with E-state index in [1.54, 1.807) is 0 Å². The van der Waals surface area contributed by atoms with Gasteiger partial charge >= 0.3 is 6.03 Å². The Labute approximate surface area is 82.6 Å². The van der Waals surface area contributed by atoms with Gasteiger partial charge in [0.15, 0.2) is 0 Å². The first-order valence-corrected chi connectivity index (χ1v) is 4.29. The third-order valence-corrected chi connectivity index (χ3v) is 1.92. The van der Waals surface area contributed by atoms with E-state index < -0.39 is 11.9 Å². The van der Waals surface area contributed by atoms with E-state index in [0.29, 0.717) is 5.13 Å². The smallest absolute Gasteiger partial charge is 0.330 e. The number of nitrogens with one attached hydrogen (secondary N) is 3. The highest BCUT2D eigenvalue weighted by atomic mass is 32.1. The lowest BCUT2D eigenvalue weighted by molar-refractivity contribution is 0.0949. The van der Waals surface area contributed by atoms with Crippen LogP contribution in [0, 0.1) is 0 Å². The zero-order valence-electron chi connectivity index (χ0n) is 6.90. The fourth-order valence-electron chi connectivity index (χ4n) is 0.624. The zero-order valence-corrected chi connectivity index (χ0v) is 7.72. The number of aromatic nitrogens is 1. The number of rotatable bonds is 3. The van der Waals surface area contributed by atoms with Crippen molar-refractivity contribution < 1.29 is 9.59 Å². The van der Waals surface area contributed by atoms with Crippen LogP contribution in [0.3, 0.4) is 0 Å². The summed E-state index contributed by atoms with van der Waals surface area (Å²) in [6.45, 7) is 0. The van der Waals surface area contributed by atoms with Gasteiger partial charge in [0.2, 0.25) is 5.13 Å². The van der Waals surface area contributed by atoms with Crippen LogP contribution in [0.5, 0.6) is 0 Å². The number of carbonyl (C=O) groups excluding carboxylic acids is 2. The molecule has 0 bridgehead atoms. The van der Waals surface area contributed by atoms with E-state index in [9.17, 15) is 9.59 Å². The van der Waals surface area contributed by atoms with Crippen molar-refractivity contribution in [1.29, 1.82) is 0 Å². The van der Waals surface area contributed by atoms with Gasteiger partial charge in [0.25, 0.3) is 5.91 Å². The van der Waals surface area contributed by atoms with Gasteiger partial charge in [-0.1, -0.05) is 0 Å². The van der Waals surface area contributed by atoms with Crippen LogP contribution >= 0.6 is 11.3 Å². The lowest BCUT2D eigenvalue weighted by Gasteiger charge is -1.99. The molecular formula is C5H8N6O2S. The maximum absolute atomic E-state index is 10.9. The van der Waals surface area contributed by atoms with Crippen LogP contribution < -0.4 is 27.9 Å². The molecule has 0 saturated carbocycles. The second kappa shape index (κ2) is 4.39. The van der Waals surface area contributed by atoms with Gasteiger partial charge in [-0.3, -0.25) is 15.6 Å². The lowest BCUT2D eigenvalue weighted by atomic mass is 10.5. The molecule has 1 rings (SSSR count). The van der Waals surface area contributed by atoms with Crippen LogP contribution in [0.15, 0.2) is 5.38 Å². The third-order valence-electron chi connectivity index (χ3n) is 1.16. The van der Waals surface area contributed by atoms with E-state index in [0.717, 1.165) is 11.3 Å². The number of hydrogen-bond donors (Lipinski definition) is 5. The molecule has 0 aliphatic carbocycles. The first-order chi connectivity index (χ1) is 6.63. The molecule has 9 heteroatoms. The fraction of sp³-hybridized carbons (Fsp3) is 0. The van der Waals surface area contributed by atoms with E-state index >= 15 is 0 Å². The second-order valence-electron chi connectivity index (χ2n) is 2.13. The summed E-state index contributed by atoms with van der Waals surface area (Å²) in [5.41, 5.74) is 11.4. The van der Waals surface area contributed by atoms with Crippen LogP contribution in [-0.4, -0.2) is 16.9 Å². The van der Waals surface area contributed by atoms with E-state index in [-0.39, 0.29) is 5.69 Å². The SMILES string of the molecule is NNC(=O)c1csc(NNC(N)=O)n1. The summed E-state index contributed by atoms with van der Waals surface area (Å²) in [5.74, 6) is 4.38. The van der Waals surface area contributed by atoms with Gasteiger partial charge < -0.3 is 5.73 Å². The van der Waals surface area contributed by atoms with Crippen molar-refractivity contribution >= 4 is 28.4 Å². The Morgan fingerprint density at radius 1 is 1.50 bits per heavy atom. The zero-order chi connectivity index (χ0) is 10.6. The number of primary amides is 1. The van der Waals surface area contributed by atoms with Crippen molar-refractivity contribution in [2.45, 2.75) is 0 Å². The Balaban J connectivity index is 2.59. The number of nitrogens with zero attached hydrogens (tertiary/aromatic N) is 1. The van der Waals surface area contributed by atoms with Gasteiger partial charge in [-0.05, 0) is 0 Å². The van der Waals surface area contributed by atoms with Crippen LogP contribution in [-0.2, 0) is 0 Å². The van der Waals surface area contributed by atoms with Gasteiger partial charge in [-0.15, -0.1) is 11.3 Å². The van der Waals surface area contributed by atoms with Crippen molar-refractivity contribution in [2.24, 2.45) is 11.6 Å². The monoisotopic (exact) mass is 216 g/mol. The highest BCUT2D eigenvalue weighted by Gasteiger charge is 2.08. The molecule has 1 aromatic heterocycles. The van der Waals surface area contributed by atoms with E-state index in [4.69, 9.17) is 11.6 Å². The Morgan fingerprint density at radius 2 is 2.21 bits per heavy atom. The number of nitrogen functional groups attached to an aromatic ring is 1. The number of hydrogen-bond acceptors (Lipinski definition) is 6. The van der Waals surface area contributed by atoms with Gasteiger partial charge in [0, 0.05) is 5.38 Å². The molecule has 0 fully saturated rings. The molecular weight excluding hydrogens is 208 g/mol. The van der Waals surface area contributed by atoms with E-state index in [1.807, 2.05) is 5.43 Å². The van der Waals surface area contributed by atoms with E-state index in [2.05, 4.69) is 15.8 Å². The number of thiazole rings is 1. The Morgan fingerprint density at radius 3 is 2.79 bits per heavy atom. The normalized spacial score (nSPS) is 9.21. The molecule has 1 aromatic rings. The quantitative estimate of drug-likeness (QED) is 0.244. The predicted molar refractivity (Wildman–Crippen MR) is 50.1 cm³/mol. The molecule has 0 aromatic carbocycles. The summed E-state index contributed by atoms with van der Waals surface area (Å²) >= 11 is 1.13. The van der Waals surface area contributed by atoms with Crippen LogP contribution in [0.4, 0.5) is 9.93 Å². The summed E-state index contributed by atoms with van der Waals surface area (Å²) in [6, 6.07) is -0.745. The predicted octanol–water partition coefficient (Wildman–Crippen LogP) is -1.26. The second-order valence-corrected chi connectivity index (χ2v) is 2.98. The van der Waals surface area contributed by atoms with Gasteiger partial charge in [-0.2, -0.15) is 0 Å². The highest BCUT2D eigenvalue weighted by Crippen LogP contribution is 2.13. The maximum Gasteiger partial charge on any atom is 0.330 e. The van der Waals surface area contributed by atoms with Gasteiger partial charge in [0.05, 0.1) is 0 Å². The summed E-state index contributed by atoms with van der Waals surface area (Å²) in [6.07, 6.45) is 0. The molecule has 3 amide bonds. The summed E-state index contributed by atoms with van der Waals surface area (Å²) in [5, 5.41) is 1.81. The minimum Gasteiger partial charge on any atom is -0.350 e. The molecule has 0 saturated heterocycles. The van der Waals surface area contributed by atoms with Gasteiger partial charge in [0.1, 0.15) is 5.69 Å². The topological polar surface area (TPSA) is 135 Å². The lowest BCUT2D eigenvalue weighted by Crippen LogP contribution is -2.34. The minimum absolute atomic E-state index is 0.159. The van der Waals surface area contributed by atoms with Crippen LogP contribution in [0.25, 0.3) is 0 Å². The number of hydrazine groups is 2. The molecule has 8 nitrogen and oxygen atoms in total. The molecule has 0 atom stereocenters. The average Bonchev–Trinajstić information content (AvgIpc) is 2.62. The van der Waals surface area contributed by atoms with Crippen molar-refractivity contribution in [2.75, 3.05) is 5.43 Å². The van der Waals surface area contributed by atoms with Crippen LogP contribution in [0.1, 0.15) is 10.5 Å². The number of nitrogens with two attached hydrogens (primary N) is 2. The van der Waals surface area contributed by atoms with E-state index in [1.165, 1.54) is 5.38 Å². The molecule has 0 unspecified atom stereocenters. The maximum atomic E-state index is 10.9. The molecule has 0 radical (unpaired) electrons. The Kier molecular flexibility index (Phi) is 3.20. The largest absolute Gasteiger partial charge is 0.350 e. The number of anilines is 1. The molecule has 0 spiro atoms. The summed E-state index contributed by atoms with van der Waals surface area (Å²) in [7, 11) is 0. The highest BCUT2D eigenvalue weighted by molar-refractivity contribution is 7.13. The Hall–Kier alpha value is -1.87. The minimum atomic E-state index is -0.745. The van der Waals surface area contributed by atoms with Crippen molar-refractivity contribution in [3.63, 3.8) is 0 Å². The third kappa shape index (κ3) is 2.57. The Bertz CT molecular complexity index is 350. The standard InChI is InChI=1S/C5H8N6O2S/c6-4(13)10-11-5-8-2(1-14-5)3(12)9-7/h1H,7H2,(H,8,11)(H,9,12)(H3,6,10,13). The number of urea groups is 1. The molecule has 7 N–H and O–H groups in total. The molecule has 1 heterocycles. The summed E-state index contributed by atoms with van der Waals surface area (Å²) in [4.78, 5) is 25.0. The molecule has 14 heavy (non-hydrogen) atoms. The van der Waals surface area contributed by atoms with Crippen LogP contribution in [0.2, 0.25) is 0 Å². The summed E-state index contributed by atoms with van der Waals surface area (Å²) < 4.78 is 0. The average molecular weight is 216 g/mol.